The van der Waals surface area contributed by atoms with E-state index in [1.165, 1.54) is 0 Å². The molecule has 14 heavy (non-hydrogen) atoms. The van der Waals surface area contributed by atoms with E-state index in [0.29, 0.717) is 17.7 Å². The van der Waals surface area contributed by atoms with Crippen LogP contribution < -0.4 is 5.73 Å². The molecule has 0 aromatic heterocycles. The summed E-state index contributed by atoms with van der Waals surface area (Å²) < 4.78 is 0. The molecule has 2 N–H and O–H groups in total. The normalized spacial score (nSPS) is 24.4. The van der Waals surface area contributed by atoms with Gasteiger partial charge in [0, 0.05) is 19.5 Å². The Hall–Kier alpha value is -0.570. The molecule has 2 atom stereocenters. The first-order chi connectivity index (χ1) is 6.72. The fraction of sp³-hybridized carbons (Fsp3) is 0.909. The minimum atomic E-state index is 0.327. The van der Waals surface area contributed by atoms with Crippen LogP contribution in [0.4, 0.5) is 0 Å². The molecule has 1 aliphatic heterocycles. The van der Waals surface area contributed by atoms with E-state index in [0.717, 1.165) is 38.9 Å². The first-order valence-electron chi connectivity index (χ1n) is 5.70. The summed E-state index contributed by atoms with van der Waals surface area (Å²) in [5, 5.41) is 0. The van der Waals surface area contributed by atoms with E-state index in [1.807, 2.05) is 11.8 Å². The van der Waals surface area contributed by atoms with Crippen molar-refractivity contribution in [2.45, 2.75) is 33.1 Å². The zero-order valence-electron chi connectivity index (χ0n) is 9.33. The Balaban J connectivity index is 2.49. The van der Waals surface area contributed by atoms with Gasteiger partial charge in [0.25, 0.3) is 0 Å². The summed E-state index contributed by atoms with van der Waals surface area (Å²) in [6.07, 6.45) is 2.95. The molecular formula is C11H22N2O. The van der Waals surface area contributed by atoms with E-state index >= 15 is 0 Å². The topological polar surface area (TPSA) is 46.3 Å². The van der Waals surface area contributed by atoms with Crippen molar-refractivity contribution in [2.24, 2.45) is 17.6 Å². The van der Waals surface area contributed by atoms with Gasteiger partial charge in [-0.05, 0) is 31.7 Å². The van der Waals surface area contributed by atoms with E-state index in [-0.39, 0.29) is 0 Å². The van der Waals surface area contributed by atoms with Crippen molar-refractivity contribution in [2.75, 3.05) is 19.6 Å². The smallest absolute Gasteiger partial charge is 0.222 e. The van der Waals surface area contributed by atoms with Crippen LogP contribution in [0.1, 0.15) is 33.1 Å². The molecule has 0 aromatic carbocycles. The molecule has 0 spiro atoms. The summed E-state index contributed by atoms with van der Waals surface area (Å²) in [6.45, 7) is 6.79. The minimum Gasteiger partial charge on any atom is -0.343 e. The van der Waals surface area contributed by atoms with Gasteiger partial charge in [-0.25, -0.2) is 0 Å². The third-order valence-electron chi connectivity index (χ3n) is 3.35. The SMILES string of the molecule is CCC(CCN)C1CC(=O)N(CC)C1. The summed E-state index contributed by atoms with van der Waals surface area (Å²) in [5.74, 6) is 1.52. The van der Waals surface area contributed by atoms with Gasteiger partial charge in [-0.3, -0.25) is 4.79 Å². The second kappa shape index (κ2) is 5.35. The van der Waals surface area contributed by atoms with Gasteiger partial charge in [0.2, 0.25) is 5.91 Å². The Bertz CT molecular complexity index is 194. The van der Waals surface area contributed by atoms with Crippen LogP contribution in [0.15, 0.2) is 0 Å². The van der Waals surface area contributed by atoms with Crippen molar-refractivity contribution in [1.82, 2.24) is 4.90 Å². The van der Waals surface area contributed by atoms with Gasteiger partial charge in [-0.15, -0.1) is 0 Å². The highest BCUT2D eigenvalue weighted by Crippen LogP contribution is 2.29. The first kappa shape index (κ1) is 11.5. The molecule has 0 radical (unpaired) electrons. The van der Waals surface area contributed by atoms with Crippen molar-refractivity contribution >= 4 is 5.91 Å². The summed E-state index contributed by atoms with van der Waals surface area (Å²) in [7, 11) is 0. The first-order valence-corrected chi connectivity index (χ1v) is 5.70. The molecule has 1 aliphatic rings. The van der Waals surface area contributed by atoms with E-state index < -0.39 is 0 Å². The molecule has 1 saturated heterocycles. The van der Waals surface area contributed by atoms with E-state index in [4.69, 9.17) is 5.73 Å². The number of nitrogens with zero attached hydrogens (tertiary/aromatic N) is 1. The molecule has 0 aliphatic carbocycles. The van der Waals surface area contributed by atoms with Crippen LogP contribution in [0.2, 0.25) is 0 Å². The average Bonchev–Trinajstić information content (AvgIpc) is 2.56. The van der Waals surface area contributed by atoms with Crippen LogP contribution in [0.5, 0.6) is 0 Å². The lowest BCUT2D eigenvalue weighted by molar-refractivity contribution is -0.127. The zero-order chi connectivity index (χ0) is 10.6. The molecule has 0 bridgehead atoms. The number of rotatable bonds is 5. The van der Waals surface area contributed by atoms with Crippen molar-refractivity contribution in [3.8, 4) is 0 Å². The molecule has 0 aromatic rings. The molecule has 82 valence electrons. The second-order valence-corrected chi connectivity index (χ2v) is 4.14. The lowest BCUT2D eigenvalue weighted by Crippen LogP contribution is -2.26. The van der Waals surface area contributed by atoms with E-state index in [2.05, 4.69) is 6.92 Å². The predicted octanol–water partition coefficient (Wildman–Crippen LogP) is 1.23. The highest BCUT2D eigenvalue weighted by molar-refractivity contribution is 5.78. The lowest BCUT2D eigenvalue weighted by Gasteiger charge is -2.21. The monoisotopic (exact) mass is 198 g/mol. The Labute approximate surface area is 86.6 Å². The molecule has 3 heteroatoms. The summed E-state index contributed by atoms with van der Waals surface area (Å²) >= 11 is 0. The van der Waals surface area contributed by atoms with Gasteiger partial charge >= 0.3 is 0 Å². The summed E-state index contributed by atoms with van der Waals surface area (Å²) in [4.78, 5) is 13.5. The Morgan fingerprint density at radius 2 is 2.29 bits per heavy atom. The summed E-state index contributed by atoms with van der Waals surface area (Å²) in [5.41, 5.74) is 5.58. The number of carbonyl (C=O) groups is 1. The van der Waals surface area contributed by atoms with Crippen molar-refractivity contribution in [3.63, 3.8) is 0 Å². The predicted molar refractivity (Wildman–Crippen MR) is 57.8 cm³/mol. The molecule has 1 heterocycles. The van der Waals surface area contributed by atoms with Crippen LogP contribution in [0.3, 0.4) is 0 Å². The van der Waals surface area contributed by atoms with Crippen LogP contribution >= 0.6 is 0 Å². The van der Waals surface area contributed by atoms with Crippen LogP contribution in [-0.2, 0) is 4.79 Å². The largest absolute Gasteiger partial charge is 0.343 e. The maximum atomic E-state index is 11.5. The Kier molecular flexibility index (Phi) is 4.39. The van der Waals surface area contributed by atoms with E-state index in [1.54, 1.807) is 0 Å². The molecule has 2 unspecified atom stereocenters. The maximum absolute atomic E-state index is 11.5. The summed E-state index contributed by atoms with van der Waals surface area (Å²) in [6, 6.07) is 0. The zero-order valence-corrected chi connectivity index (χ0v) is 9.33. The van der Waals surface area contributed by atoms with Gasteiger partial charge in [0.1, 0.15) is 0 Å². The van der Waals surface area contributed by atoms with Crippen molar-refractivity contribution in [3.05, 3.63) is 0 Å². The molecular weight excluding hydrogens is 176 g/mol. The van der Waals surface area contributed by atoms with Gasteiger partial charge < -0.3 is 10.6 Å². The van der Waals surface area contributed by atoms with Crippen molar-refractivity contribution < 1.29 is 4.79 Å². The quantitative estimate of drug-likeness (QED) is 0.722. The van der Waals surface area contributed by atoms with Gasteiger partial charge in [-0.1, -0.05) is 13.3 Å². The number of hydrogen-bond acceptors (Lipinski definition) is 2. The molecule has 1 rings (SSSR count). The number of hydrogen-bond donors (Lipinski definition) is 1. The van der Waals surface area contributed by atoms with E-state index in [9.17, 15) is 4.79 Å². The van der Waals surface area contributed by atoms with Crippen LogP contribution in [0.25, 0.3) is 0 Å². The number of nitrogens with two attached hydrogens (primary N) is 1. The van der Waals surface area contributed by atoms with Gasteiger partial charge in [0.15, 0.2) is 0 Å². The molecule has 1 fully saturated rings. The minimum absolute atomic E-state index is 0.327. The van der Waals surface area contributed by atoms with Crippen LogP contribution in [0, 0.1) is 11.8 Å². The van der Waals surface area contributed by atoms with Gasteiger partial charge in [-0.2, -0.15) is 0 Å². The van der Waals surface area contributed by atoms with Crippen LogP contribution in [-0.4, -0.2) is 30.4 Å². The standard InChI is InChI=1S/C11H22N2O/c1-3-9(5-6-12)10-7-11(14)13(4-2)8-10/h9-10H,3-8,12H2,1-2H3. The number of carbonyl (C=O) groups excluding carboxylic acids is 1. The number of amides is 1. The lowest BCUT2D eigenvalue weighted by atomic mass is 9.86. The van der Waals surface area contributed by atoms with Gasteiger partial charge in [0.05, 0.1) is 0 Å². The molecule has 1 amide bonds. The maximum Gasteiger partial charge on any atom is 0.222 e. The third kappa shape index (κ3) is 2.47. The number of likely N-dealkylation sites (tertiary alicyclic amines) is 1. The Morgan fingerprint density at radius 3 is 2.71 bits per heavy atom. The van der Waals surface area contributed by atoms with Crippen molar-refractivity contribution in [1.29, 1.82) is 0 Å². The average molecular weight is 198 g/mol. The fourth-order valence-electron chi connectivity index (χ4n) is 2.41. The third-order valence-corrected chi connectivity index (χ3v) is 3.35. The highest BCUT2D eigenvalue weighted by atomic mass is 16.2. The fourth-order valence-corrected chi connectivity index (χ4v) is 2.41. The molecule has 3 nitrogen and oxygen atoms in total. The highest BCUT2D eigenvalue weighted by Gasteiger charge is 2.32. The Morgan fingerprint density at radius 1 is 1.57 bits per heavy atom. The molecule has 0 saturated carbocycles. The second-order valence-electron chi connectivity index (χ2n) is 4.14.